The van der Waals surface area contributed by atoms with Gasteiger partial charge in [0.2, 0.25) is 0 Å². The lowest BCUT2D eigenvalue weighted by molar-refractivity contribution is -0.143. The minimum atomic E-state index is -0.483. The topological polar surface area (TPSA) is 72.4 Å². The summed E-state index contributed by atoms with van der Waals surface area (Å²) < 4.78 is 20.9. The first-order valence-electron chi connectivity index (χ1n) is 9.91. The molecule has 2 heterocycles. The molecule has 0 radical (unpaired) electrons. The zero-order chi connectivity index (χ0) is 22.0. The molecule has 2 N–H and O–H groups in total. The largest absolute Gasteiger partial charge is 0.465 e. The fourth-order valence-corrected chi connectivity index (χ4v) is 4.55. The van der Waals surface area contributed by atoms with Crippen molar-refractivity contribution < 1.29 is 18.7 Å². The standard InChI is InChI=1S/C23H22FN3O3S/c1-3-30-21(28)13-27-14(2)16(15-8-4-7-11-19(15)27)12-20-22(29)26-23(31-20)25-18-10-6-5-9-17(18)24/h4-12,23,25H,3,13H2,1-2H3,(H,26,29)/b20-12-. The van der Waals surface area contributed by atoms with Crippen LogP contribution in [0.3, 0.4) is 0 Å². The Morgan fingerprint density at radius 2 is 2.00 bits per heavy atom. The molecular weight excluding hydrogens is 417 g/mol. The van der Waals surface area contributed by atoms with Gasteiger partial charge in [0, 0.05) is 22.2 Å². The fourth-order valence-electron chi connectivity index (χ4n) is 3.60. The Morgan fingerprint density at radius 1 is 1.26 bits per heavy atom. The Hall–Kier alpha value is -3.26. The Morgan fingerprint density at radius 3 is 2.77 bits per heavy atom. The first-order chi connectivity index (χ1) is 15.0. The fraction of sp³-hybridized carbons (Fsp3) is 0.217. The van der Waals surface area contributed by atoms with Gasteiger partial charge < -0.3 is 19.9 Å². The molecule has 8 heteroatoms. The van der Waals surface area contributed by atoms with E-state index in [0.717, 1.165) is 22.2 Å². The molecule has 3 aromatic rings. The molecule has 1 aliphatic rings. The number of ether oxygens (including phenoxy) is 1. The van der Waals surface area contributed by atoms with Crippen LogP contribution in [0, 0.1) is 12.7 Å². The van der Waals surface area contributed by atoms with Crippen LogP contribution in [0.1, 0.15) is 18.2 Å². The van der Waals surface area contributed by atoms with Gasteiger partial charge in [0.05, 0.1) is 17.2 Å². The summed E-state index contributed by atoms with van der Waals surface area (Å²) in [6.07, 6.45) is 1.82. The predicted molar refractivity (Wildman–Crippen MR) is 121 cm³/mol. The van der Waals surface area contributed by atoms with Crippen molar-refractivity contribution in [1.82, 2.24) is 9.88 Å². The molecule has 0 saturated carbocycles. The molecule has 0 spiro atoms. The van der Waals surface area contributed by atoms with Gasteiger partial charge in [0.25, 0.3) is 5.91 Å². The third kappa shape index (κ3) is 4.29. The number of anilines is 1. The smallest absolute Gasteiger partial charge is 0.325 e. The van der Waals surface area contributed by atoms with Gasteiger partial charge in [-0.2, -0.15) is 0 Å². The van der Waals surface area contributed by atoms with Crippen LogP contribution < -0.4 is 10.6 Å². The van der Waals surface area contributed by atoms with Crippen molar-refractivity contribution >= 4 is 46.3 Å². The van der Waals surface area contributed by atoms with Crippen LogP contribution in [0.4, 0.5) is 10.1 Å². The number of nitrogens with zero attached hydrogens (tertiary/aromatic N) is 1. The van der Waals surface area contributed by atoms with Gasteiger partial charge in [-0.1, -0.05) is 42.1 Å². The zero-order valence-electron chi connectivity index (χ0n) is 17.1. The van der Waals surface area contributed by atoms with E-state index in [0.29, 0.717) is 17.2 Å². The average molecular weight is 440 g/mol. The Balaban J connectivity index is 1.64. The van der Waals surface area contributed by atoms with Gasteiger partial charge in [-0.25, -0.2) is 4.39 Å². The average Bonchev–Trinajstić information content (AvgIpc) is 3.22. The van der Waals surface area contributed by atoms with Crippen molar-refractivity contribution in [2.24, 2.45) is 0 Å². The van der Waals surface area contributed by atoms with Crippen LogP contribution in [0.5, 0.6) is 0 Å². The number of hydrogen-bond donors (Lipinski definition) is 2. The highest BCUT2D eigenvalue weighted by Crippen LogP contribution is 2.34. The van der Waals surface area contributed by atoms with Crippen molar-refractivity contribution in [3.05, 3.63) is 70.5 Å². The number of halogens is 1. The molecule has 1 saturated heterocycles. The number of thioether (sulfide) groups is 1. The van der Waals surface area contributed by atoms with Crippen LogP contribution in [-0.2, 0) is 20.9 Å². The lowest BCUT2D eigenvalue weighted by atomic mass is 10.1. The molecule has 1 aliphatic heterocycles. The maximum Gasteiger partial charge on any atom is 0.325 e. The second kappa shape index (κ2) is 8.85. The van der Waals surface area contributed by atoms with Gasteiger partial charge in [0.15, 0.2) is 5.50 Å². The second-order valence-electron chi connectivity index (χ2n) is 7.01. The number of esters is 1. The van der Waals surface area contributed by atoms with Crippen LogP contribution in [-0.4, -0.2) is 28.5 Å². The second-order valence-corrected chi connectivity index (χ2v) is 8.16. The van der Waals surface area contributed by atoms with Crippen LogP contribution in [0.25, 0.3) is 17.0 Å². The summed E-state index contributed by atoms with van der Waals surface area (Å²) in [5.41, 5.74) is 2.46. The number of carbonyl (C=O) groups excluding carboxylic acids is 2. The Labute approximate surface area is 183 Å². The molecule has 2 aromatic carbocycles. The van der Waals surface area contributed by atoms with Crippen molar-refractivity contribution in [2.75, 3.05) is 11.9 Å². The third-order valence-corrected chi connectivity index (χ3v) is 6.07. The SMILES string of the molecule is CCOC(=O)Cn1c(C)c(/C=C2\SC(Nc3ccccc3F)NC2=O)c2ccccc21. The normalized spacial score (nSPS) is 17.2. The number of amides is 1. The molecule has 31 heavy (non-hydrogen) atoms. The van der Waals surface area contributed by atoms with E-state index in [-0.39, 0.29) is 24.2 Å². The van der Waals surface area contributed by atoms with Gasteiger partial charge in [-0.3, -0.25) is 9.59 Å². The lowest BCUT2D eigenvalue weighted by Crippen LogP contribution is -2.31. The number of nitrogens with one attached hydrogen (secondary N) is 2. The van der Waals surface area contributed by atoms with E-state index in [4.69, 9.17) is 4.74 Å². The molecular formula is C23H22FN3O3S. The summed E-state index contributed by atoms with van der Waals surface area (Å²) in [5.74, 6) is -0.930. The Bertz CT molecular complexity index is 1190. The van der Waals surface area contributed by atoms with Gasteiger partial charge >= 0.3 is 5.97 Å². The van der Waals surface area contributed by atoms with E-state index in [1.165, 1.54) is 17.8 Å². The van der Waals surface area contributed by atoms with Gasteiger partial charge in [-0.05, 0) is 38.1 Å². The number of benzene rings is 2. The molecule has 6 nitrogen and oxygen atoms in total. The maximum absolute atomic E-state index is 13.9. The van der Waals surface area contributed by atoms with Crippen molar-refractivity contribution in [1.29, 1.82) is 0 Å². The lowest BCUT2D eigenvalue weighted by Gasteiger charge is -2.12. The Kier molecular flexibility index (Phi) is 5.99. The maximum atomic E-state index is 13.9. The molecule has 4 rings (SSSR count). The highest BCUT2D eigenvalue weighted by atomic mass is 32.2. The number of para-hydroxylation sites is 2. The third-order valence-electron chi connectivity index (χ3n) is 5.04. The molecule has 1 unspecified atom stereocenters. The van der Waals surface area contributed by atoms with Crippen molar-refractivity contribution in [3.8, 4) is 0 Å². The van der Waals surface area contributed by atoms with E-state index in [9.17, 15) is 14.0 Å². The molecule has 1 aromatic heterocycles. The van der Waals surface area contributed by atoms with Gasteiger partial charge in [0.1, 0.15) is 12.4 Å². The van der Waals surface area contributed by atoms with E-state index in [1.54, 1.807) is 25.1 Å². The van der Waals surface area contributed by atoms with Crippen molar-refractivity contribution in [3.63, 3.8) is 0 Å². The van der Waals surface area contributed by atoms with E-state index in [1.807, 2.05) is 41.8 Å². The first-order valence-corrected chi connectivity index (χ1v) is 10.8. The molecule has 1 fully saturated rings. The number of fused-ring (bicyclic) bond motifs is 1. The molecule has 1 amide bonds. The molecule has 0 aliphatic carbocycles. The summed E-state index contributed by atoms with van der Waals surface area (Å²) in [5, 5.41) is 6.76. The number of carbonyl (C=O) groups is 2. The number of aromatic nitrogens is 1. The summed E-state index contributed by atoms with van der Waals surface area (Å²) in [6.45, 7) is 4.11. The number of rotatable bonds is 6. The van der Waals surface area contributed by atoms with E-state index < -0.39 is 5.50 Å². The van der Waals surface area contributed by atoms with E-state index in [2.05, 4.69) is 10.6 Å². The number of hydrogen-bond acceptors (Lipinski definition) is 5. The molecule has 1 atom stereocenters. The predicted octanol–water partition coefficient (Wildman–Crippen LogP) is 4.25. The first kappa shape index (κ1) is 21.0. The van der Waals surface area contributed by atoms with Crippen LogP contribution in [0.15, 0.2) is 53.4 Å². The minimum absolute atomic E-state index is 0.0974. The summed E-state index contributed by atoms with van der Waals surface area (Å²) in [6, 6.07) is 14.1. The summed E-state index contributed by atoms with van der Waals surface area (Å²) >= 11 is 1.29. The highest BCUT2D eigenvalue weighted by Gasteiger charge is 2.28. The molecule has 0 bridgehead atoms. The van der Waals surface area contributed by atoms with Crippen LogP contribution >= 0.6 is 11.8 Å². The summed E-state index contributed by atoms with van der Waals surface area (Å²) in [7, 11) is 0. The minimum Gasteiger partial charge on any atom is -0.465 e. The van der Waals surface area contributed by atoms with Gasteiger partial charge in [-0.15, -0.1) is 0 Å². The van der Waals surface area contributed by atoms with Crippen molar-refractivity contribution in [2.45, 2.75) is 25.9 Å². The zero-order valence-corrected chi connectivity index (χ0v) is 18.0. The quantitative estimate of drug-likeness (QED) is 0.444. The summed E-state index contributed by atoms with van der Waals surface area (Å²) in [4.78, 5) is 25.2. The van der Waals surface area contributed by atoms with E-state index >= 15 is 0 Å². The van der Waals surface area contributed by atoms with Crippen LogP contribution in [0.2, 0.25) is 0 Å². The highest BCUT2D eigenvalue weighted by molar-refractivity contribution is 8.05. The molecule has 160 valence electrons. The monoisotopic (exact) mass is 439 g/mol.